The summed E-state index contributed by atoms with van der Waals surface area (Å²) in [6.07, 6.45) is 8.01. The Kier molecular flexibility index (Phi) is 3.36. The van der Waals surface area contributed by atoms with Gasteiger partial charge in [0.25, 0.3) is 0 Å². The van der Waals surface area contributed by atoms with Gasteiger partial charge in [0.1, 0.15) is 0 Å². The molecular weight excluding hydrogens is 182 g/mol. The molecule has 0 amide bonds. The van der Waals surface area contributed by atoms with Crippen molar-refractivity contribution in [1.82, 2.24) is 5.32 Å². The van der Waals surface area contributed by atoms with Gasteiger partial charge < -0.3 is 5.32 Å². The highest BCUT2D eigenvalue weighted by molar-refractivity contribution is 5.74. The second-order valence-corrected chi connectivity index (χ2v) is 3.94. The lowest BCUT2D eigenvalue weighted by molar-refractivity contribution is 0.603. The lowest BCUT2D eigenvalue weighted by atomic mass is 9.93. The molecule has 0 fully saturated rings. The minimum absolute atomic E-state index is 0.655. The molecule has 78 valence electrons. The molecule has 1 nitrogen and oxygen atoms in total. The van der Waals surface area contributed by atoms with E-state index in [-0.39, 0.29) is 0 Å². The molecule has 0 aromatic heterocycles. The van der Waals surface area contributed by atoms with Gasteiger partial charge in [-0.25, -0.2) is 0 Å². The van der Waals surface area contributed by atoms with E-state index in [0.29, 0.717) is 5.92 Å². The summed E-state index contributed by atoms with van der Waals surface area (Å²) in [5, 5.41) is 3.21. The van der Waals surface area contributed by atoms with Crippen molar-refractivity contribution in [3.05, 3.63) is 54.1 Å². The quantitative estimate of drug-likeness (QED) is 0.789. The van der Waals surface area contributed by atoms with E-state index in [0.717, 1.165) is 13.0 Å². The molecule has 0 heterocycles. The van der Waals surface area contributed by atoms with Crippen molar-refractivity contribution >= 4 is 5.57 Å². The zero-order chi connectivity index (χ0) is 10.5. The summed E-state index contributed by atoms with van der Waals surface area (Å²) in [6, 6.07) is 10.6. The van der Waals surface area contributed by atoms with Crippen molar-refractivity contribution in [3.63, 3.8) is 0 Å². The molecule has 1 unspecified atom stereocenters. The Balaban J connectivity index is 2.07. The molecule has 0 saturated heterocycles. The highest BCUT2D eigenvalue weighted by atomic mass is 14.8. The lowest BCUT2D eigenvalue weighted by Crippen LogP contribution is -2.17. The van der Waals surface area contributed by atoms with Gasteiger partial charge in [0, 0.05) is 6.54 Å². The van der Waals surface area contributed by atoms with Gasteiger partial charge >= 0.3 is 0 Å². The van der Waals surface area contributed by atoms with E-state index in [1.54, 1.807) is 0 Å². The predicted octanol–water partition coefficient (Wildman–Crippen LogP) is 2.87. The van der Waals surface area contributed by atoms with Gasteiger partial charge in [-0.15, -0.1) is 0 Å². The SMILES string of the molecule is CNCC1C=CC(c2ccccc2)=CC1. The van der Waals surface area contributed by atoms with Gasteiger partial charge in [-0.3, -0.25) is 0 Å². The van der Waals surface area contributed by atoms with Crippen LogP contribution < -0.4 is 5.32 Å². The van der Waals surface area contributed by atoms with E-state index in [9.17, 15) is 0 Å². The Hall–Kier alpha value is -1.34. The molecule has 0 aliphatic heterocycles. The molecule has 1 aromatic carbocycles. The predicted molar refractivity (Wildman–Crippen MR) is 65.6 cm³/mol. The van der Waals surface area contributed by atoms with Gasteiger partial charge in [-0.2, -0.15) is 0 Å². The number of benzene rings is 1. The fourth-order valence-electron chi connectivity index (χ4n) is 1.92. The minimum atomic E-state index is 0.655. The molecular formula is C14H17N. The molecule has 0 spiro atoms. The number of nitrogens with one attached hydrogen (secondary N) is 1. The summed E-state index contributed by atoms with van der Waals surface area (Å²) in [6.45, 7) is 1.06. The van der Waals surface area contributed by atoms with Gasteiger partial charge in [-0.05, 0) is 30.5 Å². The van der Waals surface area contributed by atoms with Crippen LogP contribution in [0.15, 0.2) is 48.6 Å². The molecule has 0 bridgehead atoms. The third-order valence-electron chi connectivity index (χ3n) is 2.76. The third-order valence-corrected chi connectivity index (χ3v) is 2.76. The fraction of sp³-hybridized carbons (Fsp3) is 0.286. The zero-order valence-electron chi connectivity index (χ0n) is 9.11. The zero-order valence-corrected chi connectivity index (χ0v) is 9.11. The number of hydrogen-bond donors (Lipinski definition) is 1. The van der Waals surface area contributed by atoms with Gasteiger partial charge in [0.15, 0.2) is 0 Å². The van der Waals surface area contributed by atoms with Crippen LogP contribution in [0.5, 0.6) is 0 Å². The van der Waals surface area contributed by atoms with Crippen LogP contribution in [0.1, 0.15) is 12.0 Å². The maximum absolute atomic E-state index is 3.21. The van der Waals surface area contributed by atoms with Crippen LogP contribution in [0.25, 0.3) is 5.57 Å². The van der Waals surface area contributed by atoms with Crippen molar-refractivity contribution in [3.8, 4) is 0 Å². The normalized spacial score (nSPS) is 20.1. The second-order valence-electron chi connectivity index (χ2n) is 3.94. The number of allylic oxidation sites excluding steroid dienone is 3. The van der Waals surface area contributed by atoms with Gasteiger partial charge in [0.05, 0.1) is 0 Å². The molecule has 1 aliphatic rings. The Morgan fingerprint density at radius 2 is 2.07 bits per heavy atom. The van der Waals surface area contributed by atoms with Crippen molar-refractivity contribution in [1.29, 1.82) is 0 Å². The summed E-state index contributed by atoms with van der Waals surface area (Å²) >= 11 is 0. The maximum atomic E-state index is 3.21. The summed E-state index contributed by atoms with van der Waals surface area (Å²) in [7, 11) is 2.00. The Bertz CT molecular complexity index is 362. The highest BCUT2D eigenvalue weighted by Crippen LogP contribution is 2.23. The average molecular weight is 199 g/mol. The van der Waals surface area contributed by atoms with E-state index < -0.39 is 0 Å². The van der Waals surface area contributed by atoms with Crippen LogP contribution in [0, 0.1) is 5.92 Å². The molecule has 0 saturated carbocycles. The summed E-state index contributed by atoms with van der Waals surface area (Å²) in [5.74, 6) is 0.655. The molecule has 1 atom stereocenters. The summed E-state index contributed by atoms with van der Waals surface area (Å²) in [5.41, 5.74) is 2.67. The number of rotatable bonds is 3. The monoisotopic (exact) mass is 199 g/mol. The van der Waals surface area contributed by atoms with Gasteiger partial charge in [0.2, 0.25) is 0 Å². The number of hydrogen-bond acceptors (Lipinski definition) is 1. The topological polar surface area (TPSA) is 12.0 Å². The second kappa shape index (κ2) is 4.94. The fourth-order valence-corrected chi connectivity index (χ4v) is 1.92. The van der Waals surface area contributed by atoms with E-state index in [1.165, 1.54) is 11.1 Å². The molecule has 2 rings (SSSR count). The first-order valence-electron chi connectivity index (χ1n) is 5.48. The van der Waals surface area contributed by atoms with E-state index >= 15 is 0 Å². The molecule has 1 N–H and O–H groups in total. The standard InChI is InChI=1S/C14H17N/c1-15-11-12-7-9-14(10-8-12)13-5-3-2-4-6-13/h2-7,9-10,12,15H,8,11H2,1H3. The van der Waals surface area contributed by atoms with Crippen molar-refractivity contribution in [2.24, 2.45) is 5.92 Å². The first kappa shape index (κ1) is 10.2. The van der Waals surface area contributed by atoms with Crippen molar-refractivity contribution in [2.75, 3.05) is 13.6 Å². The third kappa shape index (κ3) is 2.57. The van der Waals surface area contributed by atoms with Gasteiger partial charge in [-0.1, -0.05) is 48.6 Å². The average Bonchev–Trinajstić information content (AvgIpc) is 2.32. The largest absolute Gasteiger partial charge is 0.319 e. The minimum Gasteiger partial charge on any atom is -0.319 e. The first-order valence-corrected chi connectivity index (χ1v) is 5.48. The van der Waals surface area contributed by atoms with E-state index in [4.69, 9.17) is 0 Å². The lowest BCUT2D eigenvalue weighted by Gasteiger charge is -2.15. The van der Waals surface area contributed by atoms with Crippen LogP contribution in [0.2, 0.25) is 0 Å². The van der Waals surface area contributed by atoms with Crippen LogP contribution in [0.3, 0.4) is 0 Å². The Labute approximate surface area is 91.5 Å². The summed E-state index contributed by atoms with van der Waals surface area (Å²) in [4.78, 5) is 0. The van der Waals surface area contributed by atoms with Crippen LogP contribution in [-0.2, 0) is 0 Å². The maximum Gasteiger partial charge on any atom is 0.00143 e. The van der Waals surface area contributed by atoms with Crippen LogP contribution >= 0.6 is 0 Å². The van der Waals surface area contributed by atoms with E-state index in [1.807, 2.05) is 7.05 Å². The molecule has 15 heavy (non-hydrogen) atoms. The Morgan fingerprint density at radius 3 is 2.67 bits per heavy atom. The first-order chi connectivity index (χ1) is 7.40. The Morgan fingerprint density at radius 1 is 1.27 bits per heavy atom. The molecule has 1 heteroatoms. The molecule has 1 aromatic rings. The van der Waals surface area contributed by atoms with Crippen molar-refractivity contribution in [2.45, 2.75) is 6.42 Å². The smallest absolute Gasteiger partial charge is 0.00143 e. The van der Waals surface area contributed by atoms with Crippen LogP contribution in [-0.4, -0.2) is 13.6 Å². The summed E-state index contributed by atoms with van der Waals surface area (Å²) < 4.78 is 0. The van der Waals surface area contributed by atoms with Crippen LogP contribution in [0.4, 0.5) is 0 Å². The highest BCUT2D eigenvalue weighted by Gasteiger charge is 2.08. The van der Waals surface area contributed by atoms with Crippen molar-refractivity contribution < 1.29 is 0 Å². The molecule has 1 aliphatic carbocycles. The molecule has 0 radical (unpaired) electrons. The van der Waals surface area contributed by atoms with E-state index in [2.05, 4.69) is 53.9 Å².